The molecule has 2 rings (SSSR count). The van der Waals surface area contributed by atoms with Gasteiger partial charge in [-0.2, -0.15) is 4.31 Å². The Hall–Kier alpha value is -0.620. The van der Waals surface area contributed by atoms with Gasteiger partial charge in [-0.1, -0.05) is 36.7 Å². The maximum Gasteiger partial charge on any atom is 0.218 e. The van der Waals surface area contributed by atoms with Crippen molar-refractivity contribution in [3.05, 3.63) is 34.9 Å². The smallest absolute Gasteiger partial charge is 0.218 e. The molecule has 0 bridgehead atoms. The Morgan fingerprint density at radius 1 is 1.29 bits per heavy atom. The molecule has 1 aromatic rings. The van der Waals surface area contributed by atoms with Gasteiger partial charge in [-0.3, -0.25) is 0 Å². The Kier molecular flexibility index (Phi) is 6.05. The molecule has 0 aromatic heterocycles. The van der Waals surface area contributed by atoms with Gasteiger partial charge in [0.05, 0.1) is 5.75 Å². The summed E-state index contributed by atoms with van der Waals surface area (Å²) in [5.41, 5.74) is 0.675. The molecular formula is C15H23ClN2O2S. The van der Waals surface area contributed by atoms with Crippen LogP contribution in [0.1, 0.15) is 31.7 Å². The van der Waals surface area contributed by atoms with Crippen molar-refractivity contribution in [1.82, 2.24) is 9.62 Å². The standard InChI is InChI=1S/C15H23ClN2O2S/c1-2-11-18(14-7-9-17-10-8-14)21(19,20)12-13-5-3-4-6-15(13)16/h3-6,14,17H,2,7-12H2,1H3. The molecule has 0 atom stereocenters. The predicted molar refractivity (Wildman–Crippen MR) is 87.0 cm³/mol. The Morgan fingerprint density at radius 2 is 1.95 bits per heavy atom. The lowest BCUT2D eigenvalue weighted by Gasteiger charge is -2.33. The van der Waals surface area contributed by atoms with E-state index in [1.54, 1.807) is 16.4 Å². The van der Waals surface area contributed by atoms with Crippen LogP contribution in [0.3, 0.4) is 0 Å². The molecule has 1 heterocycles. The van der Waals surface area contributed by atoms with Crippen LogP contribution >= 0.6 is 11.6 Å². The van der Waals surface area contributed by atoms with Crippen molar-refractivity contribution in [2.45, 2.75) is 38.0 Å². The summed E-state index contributed by atoms with van der Waals surface area (Å²) in [7, 11) is -3.34. The monoisotopic (exact) mass is 330 g/mol. The highest BCUT2D eigenvalue weighted by Crippen LogP contribution is 2.23. The molecule has 0 aliphatic carbocycles. The average Bonchev–Trinajstić information content (AvgIpc) is 2.48. The van der Waals surface area contributed by atoms with Crippen molar-refractivity contribution in [1.29, 1.82) is 0 Å². The van der Waals surface area contributed by atoms with E-state index >= 15 is 0 Å². The molecule has 1 aliphatic rings. The summed E-state index contributed by atoms with van der Waals surface area (Å²) < 4.78 is 27.3. The second-order valence-electron chi connectivity index (χ2n) is 5.44. The number of sulfonamides is 1. The van der Waals surface area contributed by atoms with E-state index in [0.29, 0.717) is 17.1 Å². The minimum absolute atomic E-state index is 0.0173. The van der Waals surface area contributed by atoms with Gasteiger partial charge in [0.15, 0.2) is 0 Å². The zero-order chi connectivity index (χ0) is 15.3. The second kappa shape index (κ2) is 7.58. The third-order valence-electron chi connectivity index (χ3n) is 3.81. The molecule has 0 unspecified atom stereocenters. The maximum absolute atomic E-state index is 12.8. The lowest BCUT2D eigenvalue weighted by atomic mass is 10.1. The van der Waals surface area contributed by atoms with Crippen LogP contribution in [0, 0.1) is 0 Å². The number of nitrogens with zero attached hydrogens (tertiary/aromatic N) is 1. The fraction of sp³-hybridized carbons (Fsp3) is 0.600. The van der Waals surface area contributed by atoms with Crippen LogP contribution in [0.25, 0.3) is 0 Å². The molecule has 0 radical (unpaired) electrons. The lowest BCUT2D eigenvalue weighted by molar-refractivity contribution is 0.262. The predicted octanol–water partition coefficient (Wildman–Crippen LogP) is 2.63. The van der Waals surface area contributed by atoms with Crippen LogP contribution in [0.2, 0.25) is 5.02 Å². The summed E-state index contributed by atoms with van der Waals surface area (Å²) in [6.45, 7) is 4.36. The summed E-state index contributed by atoms with van der Waals surface area (Å²) in [5.74, 6) is -0.0173. The summed E-state index contributed by atoms with van der Waals surface area (Å²) >= 11 is 6.10. The van der Waals surface area contributed by atoms with E-state index in [0.717, 1.165) is 32.4 Å². The Bertz CT molecular complexity index is 557. The molecule has 21 heavy (non-hydrogen) atoms. The average molecular weight is 331 g/mol. The summed E-state index contributed by atoms with van der Waals surface area (Å²) in [6, 6.07) is 7.27. The summed E-state index contributed by atoms with van der Waals surface area (Å²) in [4.78, 5) is 0. The van der Waals surface area contributed by atoms with Gasteiger partial charge in [-0.25, -0.2) is 8.42 Å². The van der Waals surface area contributed by atoms with Crippen LogP contribution in [0.15, 0.2) is 24.3 Å². The number of piperidine rings is 1. The van der Waals surface area contributed by atoms with Crippen molar-refractivity contribution < 1.29 is 8.42 Å². The van der Waals surface area contributed by atoms with E-state index in [9.17, 15) is 8.42 Å². The fourth-order valence-electron chi connectivity index (χ4n) is 2.76. The second-order valence-corrected chi connectivity index (χ2v) is 7.77. The van der Waals surface area contributed by atoms with Crippen molar-refractivity contribution in [2.75, 3.05) is 19.6 Å². The minimum Gasteiger partial charge on any atom is -0.317 e. The number of benzene rings is 1. The highest BCUT2D eigenvalue weighted by molar-refractivity contribution is 7.88. The zero-order valence-corrected chi connectivity index (χ0v) is 14.0. The van der Waals surface area contributed by atoms with Crippen molar-refractivity contribution in [3.63, 3.8) is 0 Å². The molecule has 0 spiro atoms. The first-order chi connectivity index (χ1) is 10.0. The molecular weight excluding hydrogens is 308 g/mol. The topological polar surface area (TPSA) is 49.4 Å². The van der Waals surface area contributed by atoms with Gasteiger partial charge in [-0.05, 0) is 44.0 Å². The SMILES string of the molecule is CCCN(C1CCNCC1)S(=O)(=O)Cc1ccccc1Cl. The van der Waals surface area contributed by atoms with E-state index in [1.165, 1.54) is 0 Å². The van der Waals surface area contributed by atoms with Crippen LogP contribution in [-0.4, -0.2) is 38.4 Å². The van der Waals surface area contributed by atoms with Gasteiger partial charge < -0.3 is 5.32 Å². The van der Waals surface area contributed by atoms with E-state index in [1.807, 2.05) is 19.1 Å². The van der Waals surface area contributed by atoms with Gasteiger partial charge in [0.1, 0.15) is 0 Å². The number of halogens is 1. The van der Waals surface area contributed by atoms with E-state index in [2.05, 4.69) is 5.32 Å². The van der Waals surface area contributed by atoms with Gasteiger partial charge in [-0.15, -0.1) is 0 Å². The third kappa shape index (κ3) is 4.42. The molecule has 1 saturated heterocycles. The fourth-order valence-corrected chi connectivity index (χ4v) is 4.98. The molecule has 0 saturated carbocycles. The van der Waals surface area contributed by atoms with Crippen LogP contribution in [0.4, 0.5) is 0 Å². The van der Waals surface area contributed by atoms with Gasteiger partial charge in [0.2, 0.25) is 10.0 Å². The molecule has 1 N–H and O–H groups in total. The molecule has 4 nitrogen and oxygen atoms in total. The molecule has 118 valence electrons. The molecule has 1 aromatic carbocycles. The zero-order valence-electron chi connectivity index (χ0n) is 12.4. The third-order valence-corrected chi connectivity index (χ3v) is 6.05. The molecule has 1 aliphatic heterocycles. The van der Waals surface area contributed by atoms with E-state index in [-0.39, 0.29) is 11.8 Å². The van der Waals surface area contributed by atoms with Gasteiger partial charge in [0.25, 0.3) is 0 Å². The first-order valence-corrected chi connectivity index (χ1v) is 9.47. The van der Waals surface area contributed by atoms with Crippen molar-refractivity contribution >= 4 is 21.6 Å². The molecule has 0 amide bonds. The lowest BCUT2D eigenvalue weighted by Crippen LogP contribution is -2.46. The number of rotatable bonds is 6. The van der Waals surface area contributed by atoms with Gasteiger partial charge >= 0.3 is 0 Å². The molecule has 6 heteroatoms. The summed E-state index contributed by atoms with van der Waals surface area (Å²) in [6.07, 6.45) is 2.58. The molecule has 1 fully saturated rings. The quantitative estimate of drug-likeness (QED) is 0.872. The van der Waals surface area contributed by atoms with Crippen LogP contribution < -0.4 is 5.32 Å². The summed E-state index contributed by atoms with van der Waals surface area (Å²) in [5, 5.41) is 3.80. The number of hydrogen-bond acceptors (Lipinski definition) is 3. The highest BCUT2D eigenvalue weighted by Gasteiger charge is 2.30. The number of nitrogens with one attached hydrogen (secondary N) is 1. The maximum atomic E-state index is 12.8. The van der Waals surface area contributed by atoms with Crippen LogP contribution in [-0.2, 0) is 15.8 Å². The van der Waals surface area contributed by atoms with E-state index in [4.69, 9.17) is 11.6 Å². The highest BCUT2D eigenvalue weighted by atomic mass is 35.5. The first-order valence-electron chi connectivity index (χ1n) is 7.48. The Labute approximate surface area is 132 Å². The first kappa shape index (κ1) is 16.7. The Balaban J connectivity index is 2.19. The van der Waals surface area contributed by atoms with Crippen molar-refractivity contribution in [3.8, 4) is 0 Å². The van der Waals surface area contributed by atoms with Gasteiger partial charge in [0, 0.05) is 17.6 Å². The largest absolute Gasteiger partial charge is 0.317 e. The minimum atomic E-state index is -3.34. The number of hydrogen-bond donors (Lipinski definition) is 1. The Morgan fingerprint density at radius 3 is 2.57 bits per heavy atom. The van der Waals surface area contributed by atoms with E-state index < -0.39 is 10.0 Å². The van der Waals surface area contributed by atoms with Crippen LogP contribution in [0.5, 0.6) is 0 Å². The normalized spacial score (nSPS) is 17.3. The van der Waals surface area contributed by atoms with Crippen molar-refractivity contribution in [2.24, 2.45) is 0 Å².